The number of carbonyl (C=O) groups is 1. The summed E-state index contributed by atoms with van der Waals surface area (Å²) in [5.41, 5.74) is 2.93. The number of hydrogen-bond donors (Lipinski definition) is 1. The molecule has 0 fully saturated rings. The zero-order valence-corrected chi connectivity index (χ0v) is 13.1. The van der Waals surface area contributed by atoms with Gasteiger partial charge < -0.3 is 10.1 Å². The lowest BCUT2D eigenvalue weighted by Crippen LogP contribution is -2.30. The van der Waals surface area contributed by atoms with Crippen molar-refractivity contribution in [1.82, 2.24) is 10.3 Å². The minimum absolute atomic E-state index is 0.0220. The number of amides is 1. The van der Waals surface area contributed by atoms with Gasteiger partial charge in [0.05, 0.1) is 12.5 Å². The number of nitrogens with one attached hydrogen (secondary N) is 1. The number of rotatable bonds is 7. The van der Waals surface area contributed by atoms with Crippen LogP contribution in [-0.4, -0.2) is 24.0 Å². The van der Waals surface area contributed by atoms with Gasteiger partial charge in [0.15, 0.2) is 0 Å². The third-order valence-electron chi connectivity index (χ3n) is 3.36. The minimum Gasteiger partial charge on any atom is -0.372 e. The van der Waals surface area contributed by atoms with Crippen molar-refractivity contribution in [3.05, 3.63) is 65.5 Å². The summed E-state index contributed by atoms with van der Waals surface area (Å²) in [7, 11) is 0. The van der Waals surface area contributed by atoms with Crippen LogP contribution in [0.5, 0.6) is 0 Å². The number of ether oxygens (including phenoxy) is 1. The van der Waals surface area contributed by atoms with E-state index in [1.54, 1.807) is 6.20 Å². The molecular formula is C18H22N2O2. The maximum atomic E-state index is 12.0. The molecular weight excluding hydrogens is 276 g/mol. The maximum Gasteiger partial charge on any atom is 0.224 e. The third-order valence-corrected chi connectivity index (χ3v) is 3.36. The molecule has 0 spiro atoms. The van der Waals surface area contributed by atoms with E-state index in [4.69, 9.17) is 4.74 Å². The van der Waals surface area contributed by atoms with Crippen molar-refractivity contribution in [1.29, 1.82) is 0 Å². The van der Waals surface area contributed by atoms with Gasteiger partial charge >= 0.3 is 0 Å². The van der Waals surface area contributed by atoms with Crippen molar-refractivity contribution >= 4 is 5.91 Å². The first-order chi connectivity index (χ1) is 10.7. The lowest BCUT2D eigenvalue weighted by molar-refractivity contribution is -0.121. The molecule has 1 aromatic heterocycles. The summed E-state index contributed by atoms with van der Waals surface area (Å²) in [6.07, 6.45) is 1.96. The molecule has 1 aromatic carbocycles. The van der Waals surface area contributed by atoms with Gasteiger partial charge in [-0.3, -0.25) is 9.78 Å². The third kappa shape index (κ3) is 4.97. The van der Waals surface area contributed by atoms with Crippen LogP contribution >= 0.6 is 0 Å². The number of carbonyl (C=O) groups excluding carboxylic acids is 1. The van der Waals surface area contributed by atoms with Crippen LogP contribution in [0, 0.1) is 6.92 Å². The van der Waals surface area contributed by atoms with Crippen LogP contribution in [0.3, 0.4) is 0 Å². The van der Waals surface area contributed by atoms with Crippen molar-refractivity contribution < 1.29 is 9.53 Å². The second kappa shape index (κ2) is 8.29. The van der Waals surface area contributed by atoms with Crippen LogP contribution < -0.4 is 5.32 Å². The molecule has 22 heavy (non-hydrogen) atoms. The Labute approximate surface area is 131 Å². The van der Waals surface area contributed by atoms with Gasteiger partial charge in [0, 0.05) is 25.0 Å². The van der Waals surface area contributed by atoms with E-state index in [1.807, 2.05) is 56.3 Å². The Morgan fingerprint density at radius 1 is 1.23 bits per heavy atom. The molecule has 0 unspecified atom stereocenters. The second-order valence-corrected chi connectivity index (χ2v) is 5.14. The lowest BCUT2D eigenvalue weighted by atomic mass is 10.1. The summed E-state index contributed by atoms with van der Waals surface area (Å²) in [4.78, 5) is 16.2. The fourth-order valence-corrected chi connectivity index (χ4v) is 2.20. The summed E-state index contributed by atoms with van der Waals surface area (Å²) >= 11 is 0. The summed E-state index contributed by atoms with van der Waals surface area (Å²) in [5, 5.41) is 2.94. The van der Waals surface area contributed by atoms with Gasteiger partial charge in [-0.15, -0.1) is 0 Å². The molecule has 1 heterocycles. The molecule has 1 N–H and O–H groups in total. The van der Waals surface area contributed by atoms with E-state index in [0.717, 1.165) is 16.8 Å². The average Bonchev–Trinajstić information content (AvgIpc) is 2.54. The summed E-state index contributed by atoms with van der Waals surface area (Å²) < 4.78 is 5.72. The molecule has 4 nitrogen and oxygen atoms in total. The Balaban J connectivity index is 1.89. The predicted molar refractivity (Wildman–Crippen MR) is 86.5 cm³/mol. The molecule has 4 heteroatoms. The Kier molecular flexibility index (Phi) is 6.10. The molecule has 0 aliphatic heterocycles. The van der Waals surface area contributed by atoms with Crippen molar-refractivity contribution in [3.8, 4) is 0 Å². The topological polar surface area (TPSA) is 51.2 Å². The molecule has 1 amide bonds. The van der Waals surface area contributed by atoms with Gasteiger partial charge in [-0.05, 0) is 31.0 Å². The van der Waals surface area contributed by atoms with E-state index in [9.17, 15) is 4.79 Å². The van der Waals surface area contributed by atoms with Crippen molar-refractivity contribution in [2.24, 2.45) is 0 Å². The Morgan fingerprint density at radius 2 is 2.00 bits per heavy atom. The first-order valence-electron chi connectivity index (χ1n) is 7.54. The number of aryl methyl sites for hydroxylation is 1. The van der Waals surface area contributed by atoms with Gasteiger partial charge in [-0.25, -0.2) is 0 Å². The highest BCUT2D eigenvalue weighted by Gasteiger charge is 2.13. The molecule has 0 aliphatic rings. The minimum atomic E-state index is -0.119. The molecule has 0 aliphatic carbocycles. The molecule has 0 bridgehead atoms. The van der Waals surface area contributed by atoms with E-state index in [0.29, 0.717) is 19.6 Å². The van der Waals surface area contributed by atoms with Gasteiger partial charge in [0.25, 0.3) is 0 Å². The van der Waals surface area contributed by atoms with Gasteiger partial charge in [0.2, 0.25) is 5.91 Å². The van der Waals surface area contributed by atoms with Crippen molar-refractivity contribution in [3.63, 3.8) is 0 Å². The van der Waals surface area contributed by atoms with E-state index >= 15 is 0 Å². The van der Waals surface area contributed by atoms with Crippen LogP contribution in [0.15, 0.2) is 48.7 Å². The molecule has 116 valence electrons. The summed E-state index contributed by atoms with van der Waals surface area (Å²) in [6, 6.07) is 13.8. The molecule has 2 aromatic rings. The Morgan fingerprint density at radius 3 is 2.64 bits per heavy atom. The van der Waals surface area contributed by atoms with Crippen LogP contribution in [0.4, 0.5) is 0 Å². The van der Waals surface area contributed by atoms with Crippen LogP contribution in [0.25, 0.3) is 0 Å². The maximum absolute atomic E-state index is 12.0. The van der Waals surface area contributed by atoms with Crippen LogP contribution in [-0.2, 0) is 16.0 Å². The number of nitrogens with zero attached hydrogens (tertiary/aromatic N) is 1. The highest BCUT2D eigenvalue weighted by atomic mass is 16.5. The zero-order chi connectivity index (χ0) is 15.8. The molecule has 0 radical (unpaired) electrons. The van der Waals surface area contributed by atoms with Gasteiger partial charge in [0.1, 0.15) is 0 Å². The highest BCUT2D eigenvalue weighted by Crippen LogP contribution is 2.16. The zero-order valence-electron chi connectivity index (χ0n) is 13.1. The van der Waals surface area contributed by atoms with Gasteiger partial charge in [-0.2, -0.15) is 0 Å². The second-order valence-electron chi connectivity index (χ2n) is 5.14. The predicted octanol–water partition coefficient (Wildman–Crippen LogP) is 2.83. The fourth-order valence-electron chi connectivity index (χ4n) is 2.20. The summed E-state index contributed by atoms with van der Waals surface area (Å²) in [6.45, 7) is 4.96. The first-order valence-corrected chi connectivity index (χ1v) is 7.54. The number of aromatic nitrogens is 1. The van der Waals surface area contributed by atoms with E-state index in [-0.39, 0.29) is 12.0 Å². The summed E-state index contributed by atoms with van der Waals surface area (Å²) in [5.74, 6) is -0.0220. The molecule has 1 atom stereocenters. The van der Waals surface area contributed by atoms with E-state index < -0.39 is 0 Å². The number of pyridine rings is 1. The number of benzene rings is 1. The van der Waals surface area contributed by atoms with Gasteiger partial charge in [-0.1, -0.05) is 36.4 Å². The largest absolute Gasteiger partial charge is 0.372 e. The SMILES string of the molecule is CCO[C@H](CNC(=O)Cc1ccc(C)nc1)c1ccccc1. The quantitative estimate of drug-likeness (QED) is 0.855. The average molecular weight is 298 g/mol. The van der Waals surface area contributed by atoms with Crippen LogP contribution in [0.2, 0.25) is 0 Å². The van der Waals surface area contributed by atoms with Crippen molar-refractivity contribution in [2.75, 3.05) is 13.2 Å². The van der Waals surface area contributed by atoms with Crippen LogP contribution in [0.1, 0.15) is 29.8 Å². The monoisotopic (exact) mass is 298 g/mol. The highest BCUT2D eigenvalue weighted by molar-refractivity contribution is 5.78. The number of hydrogen-bond acceptors (Lipinski definition) is 3. The Bertz CT molecular complexity index is 582. The Hall–Kier alpha value is -2.20. The van der Waals surface area contributed by atoms with E-state index in [2.05, 4.69) is 10.3 Å². The smallest absolute Gasteiger partial charge is 0.224 e. The molecule has 0 saturated heterocycles. The fraction of sp³-hybridized carbons (Fsp3) is 0.333. The molecule has 0 saturated carbocycles. The van der Waals surface area contributed by atoms with Crippen molar-refractivity contribution in [2.45, 2.75) is 26.4 Å². The molecule has 2 rings (SSSR count). The normalized spacial score (nSPS) is 11.9. The standard InChI is InChI=1S/C18H22N2O2/c1-3-22-17(16-7-5-4-6-8-16)13-20-18(21)11-15-10-9-14(2)19-12-15/h4-10,12,17H,3,11,13H2,1-2H3,(H,20,21)/t17-/m1/s1. The van der Waals surface area contributed by atoms with E-state index in [1.165, 1.54) is 0 Å². The first kappa shape index (κ1) is 16.2. The lowest BCUT2D eigenvalue weighted by Gasteiger charge is -2.18.